The smallest absolute Gasteiger partial charge is 0.263 e. The van der Waals surface area contributed by atoms with Crippen LogP contribution in [0, 0.1) is 0 Å². The van der Waals surface area contributed by atoms with Crippen LogP contribution in [-0.2, 0) is 11.3 Å². The molecule has 0 aliphatic carbocycles. The normalized spacial score (nSPS) is 11.3. The molecule has 5 heteroatoms. The van der Waals surface area contributed by atoms with Gasteiger partial charge in [0, 0.05) is 17.1 Å². The molecule has 0 unspecified atom stereocenters. The molecule has 0 aliphatic rings. The summed E-state index contributed by atoms with van der Waals surface area (Å²) in [5.41, 5.74) is -0.0892. The highest BCUT2D eigenvalue weighted by Gasteiger charge is 2.29. The number of carbonyl (C=O) groups excluding carboxylic acids is 1. The van der Waals surface area contributed by atoms with Crippen molar-refractivity contribution in [3.63, 3.8) is 0 Å². The molecule has 134 valence electrons. The monoisotopic (exact) mass is 361 g/mol. The van der Waals surface area contributed by atoms with Crippen LogP contribution in [0.15, 0.2) is 48.5 Å². The van der Waals surface area contributed by atoms with Gasteiger partial charge in [-0.3, -0.25) is 4.79 Å². The predicted molar refractivity (Wildman–Crippen MR) is 100 cm³/mol. The zero-order chi connectivity index (χ0) is 18.4. The first kappa shape index (κ1) is 19.1. The van der Waals surface area contributed by atoms with Crippen LogP contribution in [-0.4, -0.2) is 17.6 Å². The first-order valence-corrected chi connectivity index (χ1v) is 8.63. The number of nitrogens with one attached hydrogen (secondary N) is 1. The molecule has 1 amide bonds. The van der Waals surface area contributed by atoms with Crippen LogP contribution >= 0.6 is 11.6 Å². The van der Waals surface area contributed by atoms with Crippen LogP contribution in [0.1, 0.15) is 33.3 Å². The summed E-state index contributed by atoms with van der Waals surface area (Å²) in [7, 11) is 0. The lowest BCUT2D eigenvalue weighted by Crippen LogP contribution is -2.46. The predicted octanol–water partition coefficient (Wildman–Crippen LogP) is 4.60. The Balaban J connectivity index is 2.00. The number of halogens is 1. The third-order valence-electron chi connectivity index (χ3n) is 3.51. The number of ether oxygens (including phenoxy) is 2. The van der Waals surface area contributed by atoms with E-state index in [-0.39, 0.29) is 12.0 Å². The van der Waals surface area contributed by atoms with Gasteiger partial charge in [-0.2, -0.15) is 0 Å². The molecule has 0 fully saturated rings. The Morgan fingerprint density at radius 3 is 2.40 bits per heavy atom. The Bertz CT molecular complexity index is 711. The van der Waals surface area contributed by atoms with Gasteiger partial charge < -0.3 is 14.8 Å². The summed E-state index contributed by atoms with van der Waals surface area (Å²) >= 11 is 5.87. The molecule has 0 spiro atoms. The van der Waals surface area contributed by atoms with Crippen molar-refractivity contribution >= 4 is 17.5 Å². The van der Waals surface area contributed by atoms with E-state index in [4.69, 9.17) is 21.1 Å². The molecule has 0 saturated heterocycles. The highest BCUT2D eigenvalue weighted by molar-refractivity contribution is 6.30. The number of hydrogen-bond donors (Lipinski definition) is 1. The van der Waals surface area contributed by atoms with Crippen molar-refractivity contribution in [2.24, 2.45) is 0 Å². The summed E-state index contributed by atoms with van der Waals surface area (Å²) in [6.45, 7) is 7.77. The van der Waals surface area contributed by atoms with E-state index >= 15 is 0 Å². The second-order valence-electron chi connectivity index (χ2n) is 6.52. The second-order valence-corrected chi connectivity index (χ2v) is 6.96. The van der Waals surface area contributed by atoms with E-state index in [2.05, 4.69) is 5.32 Å². The van der Waals surface area contributed by atoms with E-state index in [9.17, 15) is 4.79 Å². The highest BCUT2D eigenvalue weighted by atomic mass is 35.5. The zero-order valence-corrected chi connectivity index (χ0v) is 15.8. The fourth-order valence-corrected chi connectivity index (χ4v) is 2.38. The summed E-state index contributed by atoms with van der Waals surface area (Å²) in [6, 6.07) is 14.6. The molecular weight excluding hydrogens is 338 g/mol. The molecule has 0 aromatic heterocycles. The average Bonchev–Trinajstić information content (AvgIpc) is 2.55. The van der Waals surface area contributed by atoms with Gasteiger partial charge in [-0.25, -0.2) is 0 Å². The van der Waals surface area contributed by atoms with Crippen molar-refractivity contribution in [1.82, 2.24) is 5.32 Å². The van der Waals surface area contributed by atoms with E-state index in [0.29, 0.717) is 17.3 Å². The van der Waals surface area contributed by atoms with Crippen molar-refractivity contribution in [1.29, 1.82) is 0 Å². The van der Waals surface area contributed by atoms with Crippen LogP contribution in [0.2, 0.25) is 5.02 Å². The van der Waals surface area contributed by atoms with Gasteiger partial charge in [0.05, 0.1) is 6.10 Å². The summed E-state index contributed by atoms with van der Waals surface area (Å²) in [4.78, 5) is 12.5. The van der Waals surface area contributed by atoms with E-state index in [0.717, 1.165) is 11.3 Å². The molecule has 0 saturated carbocycles. The molecule has 0 atom stereocenters. The SMILES string of the molecule is CC(C)Oc1ccccc1CNC(=O)C(C)(C)Oc1ccc(Cl)cc1. The fraction of sp³-hybridized carbons (Fsp3) is 0.350. The van der Waals surface area contributed by atoms with E-state index in [1.54, 1.807) is 38.1 Å². The standard InChI is InChI=1S/C20H24ClNO3/c1-14(2)24-18-8-6-5-7-15(18)13-22-19(23)20(3,4)25-17-11-9-16(21)10-12-17/h5-12,14H,13H2,1-4H3,(H,22,23). The first-order valence-electron chi connectivity index (χ1n) is 8.25. The molecule has 4 nitrogen and oxygen atoms in total. The quantitative estimate of drug-likeness (QED) is 0.783. The van der Waals surface area contributed by atoms with E-state index in [1.165, 1.54) is 0 Å². The van der Waals surface area contributed by atoms with Crippen molar-refractivity contribution in [2.45, 2.75) is 45.9 Å². The Morgan fingerprint density at radius 2 is 1.76 bits per heavy atom. The topological polar surface area (TPSA) is 47.6 Å². The lowest BCUT2D eigenvalue weighted by molar-refractivity contribution is -0.134. The highest BCUT2D eigenvalue weighted by Crippen LogP contribution is 2.22. The summed E-state index contributed by atoms with van der Waals surface area (Å²) in [5.74, 6) is 1.16. The van der Waals surface area contributed by atoms with E-state index < -0.39 is 5.60 Å². The molecular formula is C20H24ClNO3. The second kappa shape index (κ2) is 8.26. The van der Waals surface area contributed by atoms with Gasteiger partial charge in [0.15, 0.2) is 5.60 Å². The molecule has 2 rings (SSSR count). The Kier molecular flexibility index (Phi) is 6.32. The molecule has 2 aromatic rings. The Labute approximate surface area is 154 Å². The maximum atomic E-state index is 12.5. The Morgan fingerprint density at radius 1 is 1.12 bits per heavy atom. The minimum atomic E-state index is -1.01. The molecule has 0 aliphatic heterocycles. The molecule has 2 aromatic carbocycles. The van der Waals surface area contributed by atoms with Gasteiger partial charge in [-0.15, -0.1) is 0 Å². The van der Waals surface area contributed by atoms with Crippen molar-refractivity contribution in [3.05, 3.63) is 59.1 Å². The fourth-order valence-electron chi connectivity index (χ4n) is 2.25. The number of para-hydroxylation sites is 1. The molecule has 25 heavy (non-hydrogen) atoms. The number of amides is 1. The summed E-state index contributed by atoms with van der Waals surface area (Å²) < 4.78 is 11.6. The van der Waals surface area contributed by atoms with Crippen LogP contribution in [0.5, 0.6) is 11.5 Å². The molecule has 1 N–H and O–H groups in total. The molecule has 0 bridgehead atoms. The lowest BCUT2D eigenvalue weighted by atomic mass is 10.1. The maximum Gasteiger partial charge on any atom is 0.263 e. The van der Waals surface area contributed by atoms with Crippen molar-refractivity contribution < 1.29 is 14.3 Å². The average molecular weight is 362 g/mol. The summed E-state index contributed by atoms with van der Waals surface area (Å²) in [5, 5.41) is 3.54. The Hall–Kier alpha value is -2.20. The van der Waals surface area contributed by atoms with Gasteiger partial charge >= 0.3 is 0 Å². The van der Waals surface area contributed by atoms with Gasteiger partial charge in [-0.05, 0) is 58.0 Å². The number of carbonyl (C=O) groups is 1. The van der Waals surface area contributed by atoms with E-state index in [1.807, 2.05) is 38.1 Å². The maximum absolute atomic E-state index is 12.5. The van der Waals surface area contributed by atoms with Crippen LogP contribution in [0.4, 0.5) is 0 Å². The molecule has 0 heterocycles. The van der Waals surface area contributed by atoms with Crippen LogP contribution in [0.3, 0.4) is 0 Å². The third kappa shape index (κ3) is 5.68. The number of benzene rings is 2. The zero-order valence-electron chi connectivity index (χ0n) is 15.0. The third-order valence-corrected chi connectivity index (χ3v) is 3.76. The van der Waals surface area contributed by atoms with Crippen LogP contribution < -0.4 is 14.8 Å². The van der Waals surface area contributed by atoms with Gasteiger partial charge in [0.1, 0.15) is 11.5 Å². The van der Waals surface area contributed by atoms with Crippen LogP contribution in [0.25, 0.3) is 0 Å². The van der Waals surface area contributed by atoms with Crippen molar-refractivity contribution in [2.75, 3.05) is 0 Å². The van der Waals surface area contributed by atoms with Crippen molar-refractivity contribution in [3.8, 4) is 11.5 Å². The van der Waals surface area contributed by atoms with Gasteiger partial charge in [0.2, 0.25) is 0 Å². The molecule has 0 radical (unpaired) electrons. The summed E-state index contributed by atoms with van der Waals surface area (Å²) in [6.07, 6.45) is 0.0709. The largest absolute Gasteiger partial charge is 0.491 e. The van der Waals surface area contributed by atoms with Gasteiger partial charge in [-0.1, -0.05) is 29.8 Å². The minimum Gasteiger partial charge on any atom is -0.491 e. The minimum absolute atomic E-state index is 0.0709. The number of hydrogen-bond acceptors (Lipinski definition) is 3. The number of rotatable bonds is 7. The van der Waals surface area contributed by atoms with Gasteiger partial charge in [0.25, 0.3) is 5.91 Å². The first-order chi connectivity index (χ1) is 11.8. The lowest BCUT2D eigenvalue weighted by Gasteiger charge is -2.25.